The molecule has 0 saturated heterocycles. The SMILES string of the molecule is Clc1ccnc(-c2occc2Br)c1. The van der Waals surface area contributed by atoms with E-state index in [2.05, 4.69) is 20.9 Å². The van der Waals surface area contributed by atoms with Crippen molar-refractivity contribution in [3.05, 3.63) is 40.2 Å². The lowest BCUT2D eigenvalue weighted by molar-refractivity contribution is 0.579. The van der Waals surface area contributed by atoms with Crippen LogP contribution in [-0.2, 0) is 0 Å². The summed E-state index contributed by atoms with van der Waals surface area (Å²) >= 11 is 9.17. The molecule has 0 bridgehead atoms. The van der Waals surface area contributed by atoms with Crippen LogP contribution in [0.2, 0.25) is 5.02 Å². The monoisotopic (exact) mass is 257 g/mol. The molecular weight excluding hydrogens is 253 g/mol. The molecule has 2 aromatic heterocycles. The Kier molecular flexibility index (Phi) is 2.38. The van der Waals surface area contributed by atoms with Crippen molar-refractivity contribution in [3.63, 3.8) is 0 Å². The van der Waals surface area contributed by atoms with Crippen molar-refractivity contribution in [2.24, 2.45) is 0 Å². The molecule has 2 heterocycles. The number of halogens is 2. The van der Waals surface area contributed by atoms with E-state index in [0.717, 1.165) is 10.2 Å². The molecule has 0 aromatic carbocycles. The molecule has 0 saturated carbocycles. The number of furan rings is 1. The zero-order chi connectivity index (χ0) is 9.26. The van der Waals surface area contributed by atoms with Gasteiger partial charge in [0.25, 0.3) is 0 Å². The molecule has 0 fully saturated rings. The zero-order valence-electron chi connectivity index (χ0n) is 6.50. The molecule has 0 spiro atoms. The summed E-state index contributed by atoms with van der Waals surface area (Å²) in [6.07, 6.45) is 3.24. The van der Waals surface area contributed by atoms with Crippen LogP contribution in [0, 0.1) is 0 Å². The minimum Gasteiger partial charge on any atom is -0.461 e. The Balaban J connectivity index is 2.53. The highest BCUT2D eigenvalue weighted by Gasteiger charge is 2.07. The summed E-state index contributed by atoms with van der Waals surface area (Å²) in [6, 6.07) is 5.30. The molecule has 2 aromatic rings. The van der Waals surface area contributed by atoms with Crippen LogP contribution in [0.3, 0.4) is 0 Å². The summed E-state index contributed by atoms with van der Waals surface area (Å²) in [4.78, 5) is 4.13. The first-order valence-electron chi connectivity index (χ1n) is 3.62. The van der Waals surface area contributed by atoms with Crippen LogP contribution in [0.25, 0.3) is 11.5 Å². The summed E-state index contributed by atoms with van der Waals surface area (Å²) in [5.74, 6) is 0.697. The minimum atomic E-state index is 0.647. The second-order valence-electron chi connectivity index (χ2n) is 2.46. The van der Waals surface area contributed by atoms with Crippen molar-refractivity contribution in [3.8, 4) is 11.5 Å². The Morgan fingerprint density at radius 2 is 2.23 bits per heavy atom. The number of pyridine rings is 1. The summed E-state index contributed by atoms with van der Waals surface area (Å²) in [6.45, 7) is 0. The maximum Gasteiger partial charge on any atom is 0.166 e. The van der Waals surface area contributed by atoms with Crippen LogP contribution in [0.5, 0.6) is 0 Å². The number of hydrogen-bond donors (Lipinski definition) is 0. The second-order valence-corrected chi connectivity index (χ2v) is 3.75. The van der Waals surface area contributed by atoms with Crippen LogP contribution in [0.4, 0.5) is 0 Å². The van der Waals surface area contributed by atoms with Gasteiger partial charge in [-0.2, -0.15) is 0 Å². The fourth-order valence-electron chi connectivity index (χ4n) is 1.01. The highest BCUT2D eigenvalue weighted by atomic mass is 79.9. The fourth-order valence-corrected chi connectivity index (χ4v) is 1.57. The van der Waals surface area contributed by atoms with Gasteiger partial charge >= 0.3 is 0 Å². The van der Waals surface area contributed by atoms with Gasteiger partial charge in [-0.1, -0.05) is 11.6 Å². The molecule has 4 heteroatoms. The molecular formula is C9H5BrClNO. The molecule has 0 unspecified atom stereocenters. The van der Waals surface area contributed by atoms with Crippen LogP contribution in [0.1, 0.15) is 0 Å². The van der Waals surface area contributed by atoms with E-state index in [-0.39, 0.29) is 0 Å². The van der Waals surface area contributed by atoms with Gasteiger partial charge in [-0.15, -0.1) is 0 Å². The molecule has 13 heavy (non-hydrogen) atoms. The third-order valence-electron chi connectivity index (χ3n) is 1.57. The molecule has 2 rings (SSSR count). The zero-order valence-corrected chi connectivity index (χ0v) is 8.84. The smallest absolute Gasteiger partial charge is 0.166 e. The Morgan fingerprint density at radius 3 is 2.85 bits per heavy atom. The Bertz CT molecular complexity index is 427. The maximum atomic E-state index is 5.82. The lowest BCUT2D eigenvalue weighted by Crippen LogP contribution is -1.80. The molecule has 0 amide bonds. The first-order chi connectivity index (χ1) is 6.27. The average molecular weight is 259 g/mol. The van der Waals surface area contributed by atoms with Crippen LogP contribution in [0.15, 0.2) is 39.5 Å². The van der Waals surface area contributed by atoms with E-state index in [0.29, 0.717) is 10.8 Å². The van der Waals surface area contributed by atoms with E-state index < -0.39 is 0 Å². The molecule has 0 atom stereocenters. The molecule has 0 N–H and O–H groups in total. The molecule has 0 aliphatic rings. The number of rotatable bonds is 1. The first-order valence-corrected chi connectivity index (χ1v) is 4.79. The maximum absolute atomic E-state index is 5.82. The molecule has 66 valence electrons. The number of aromatic nitrogens is 1. The van der Waals surface area contributed by atoms with Crippen molar-refractivity contribution in [1.82, 2.24) is 4.98 Å². The third-order valence-corrected chi connectivity index (χ3v) is 2.43. The Morgan fingerprint density at radius 1 is 1.38 bits per heavy atom. The van der Waals surface area contributed by atoms with Gasteiger partial charge < -0.3 is 4.42 Å². The molecule has 2 nitrogen and oxygen atoms in total. The van der Waals surface area contributed by atoms with Crippen LogP contribution < -0.4 is 0 Å². The topological polar surface area (TPSA) is 26.0 Å². The van der Waals surface area contributed by atoms with E-state index in [1.54, 1.807) is 24.6 Å². The van der Waals surface area contributed by atoms with Crippen molar-refractivity contribution in [1.29, 1.82) is 0 Å². The predicted molar refractivity (Wildman–Crippen MR) is 54.6 cm³/mol. The van der Waals surface area contributed by atoms with Gasteiger partial charge in [0, 0.05) is 11.2 Å². The third kappa shape index (κ3) is 1.76. The van der Waals surface area contributed by atoms with Gasteiger partial charge in [-0.3, -0.25) is 4.98 Å². The minimum absolute atomic E-state index is 0.647. The average Bonchev–Trinajstić information content (AvgIpc) is 2.51. The largest absolute Gasteiger partial charge is 0.461 e. The van der Waals surface area contributed by atoms with Crippen molar-refractivity contribution in [2.45, 2.75) is 0 Å². The predicted octanol–water partition coefficient (Wildman–Crippen LogP) is 3.76. The summed E-state index contributed by atoms with van der Waals surface area (Å²) in [7, 11) is 0. The number of hydrogen-bond acceptors (Lipinski definition) is 2. The van der Waals surface area contributed by atoms with Crippen LogP contribution in [-0.4, -0.2) is 4.98 Å². The van der Waals surface area contributed by atoms with Gasteiger partial charge in [0.1, 0.15) is 5.69 Å². The van der Waals surface area contributed by atoms with Gasteiger partial charge in [0.15, 0.2) is 5.76 Å². The molecule has 0 aliphatic heterocycles. The van der Waals surface area contributed by atoms with E-state index >= 15 is 0 Å². The van der Waals surface area contributed by atoms with Crippen LogP contribution >= 0.6 is 27.5 Å². The highest BCUT2D eigenvalue weighted by Crippen LogP contribution is 2.28. The van der Waals surface area contributed by atoms with E-state index in [9.17, 15) is 0 Å². The Labute approximate surface area is 88.7 Å². The summed E-state index contributed by atoms with van der Waals surface area (Å²) < 4.78 is 6.11. The highest BCUT2D eigenvalue weighted by molar-refractivity contribution is 9.10. The van der Waals surface area contributed by atoms with Gasteiger partial charge in [0.2, 0.25) is 0 Å². The standard InChI is InChI=1S/C9H5BrClNO/c10-7-2-4-13-9(7)8-5-6(11)1-3-12-8/h1-5H. The normalized spacial score (nSPS) is 10.3. The van der Waals surface area contributed by atoms with E-state index in [1.807, 2.05) is 6.07 Å². The van der Waals surface area contributed by atoms with E-state index in [4.69, 9.17) is 16.0 Å². The van der Waals surface area contributed by atoms with Gasteiger partial charge in [0.05, 0.1) is 10.7 Å². The lowest BCUT2D eigenvalue weighted by atomic mass is 10.3. The summed E-state index contributed by atoms with van der Waals surface area (Å²) in [5.41, 5.74) is 0.726. The first kappa shape index (κ1) is 8.78. The Hall–Kier alpha value is -0.800. The quantitative estimate of drug-likeness (QED) is 0.778. The van der Waals surface area contributed by atoms with E-state index in [1.165, 1.54) is 0 Å². The van der Waals surface area contributed by atoms with Crippen molar-refractivity contribution in [2.75, 3.05) is 0 Å². The van der Waals surface area contributed by atoms with Gasteiger partial charge in [-0.05, 0) is 34.1 Å². The second kappa shape index (κ2) is 3.52. The van der Waals surface area contributed by atoms with Crippen molar-refractivity contribution < 1.29 is 4.42 Å². The number of nitrogens with zero attached hydrogens (tertiary/aromatic N) is 1. The van der Waals surface area contributed by atoms with Gasteiger partial charge in [-0.25, -0.2) is 0 Å². The summed E-state index contributed by atoms with van der Waals surface area (Å²) in [5, 5.41) is 0.647. The fraction of sp³-hybridized carbons (Fsp3) is 0. The molecule has 0 radical (unpaired) electrons. The van der Waals surface area contributed by atoms with Crippen molar-refractivity contribution >= 4 is 27.5 Å². The molecule has 0 aliphatic carbocycles. The lowest BCUT2D eigenvalue weighted by Gasteiger charge is -1.96.